The lowest BCUT2D eigenvalue weighted by molar-refractivity contribution is 0.0943. The van der Waals surface area contributed by atoms with Crippen LogP contribution >= 0.6 is 0 Å². The quantitative estimate of drug-likeness (QED) is 0.477. The molecule has 144 valence electrons. The summed E-state index contributed by atoms with van der Waals surface area (Å²) in [6, 6.07) is 23.0. The van der Waals surface area contributed by atoms with Crippen molar-refractivity contribution in [3.63, 3.8) is 0 Å². The summed E-state index contributed by atoms with van der Waals surface area (Å²) in [5.74, 6) is 1.53. The number of ketones is 1. The number of hydrogen-bond acceptors (Lipinski definition) is 4. The molecule has 4 aromatic rings. The Morgan fingerprint density at radius 1 is 0.966 bits per heavy atom. The molecule has 0 saturated carbocycles. The Labute approximate surface area is 168 Å². The molecule has 0 amide bonds. The number of H-pyrrole nitrogens is 1. The molecule has 0 aliphatic carbocycles. The average Bonchev–Trinajstić information content (AvgIpc) is 3.41. The maximum Gasteiger partial charge on any atom is 0.231 e. The maximum absolute atomic E-state index is 13.5. The van der Waals surface area contributed by atoms with E-state index in [-0.39, 0.29) is 12.6 Å². The molecule has 0 unspecified atom stereocenters. The maximum atomic E-state index is 13.5. The van der Waals surface area contributed by atoms with Gasteiger partial charge < -0.3 is 14.5 Å². The number of carbonyl (C=O) groups is 1. The summed E-state index contributed by atoms with van der Waals surface area (Å²) in [6.45, 7) is 0.780. The normalized spacial score (nSPS) is 13.5. The van der Waals surface area contributed by atoms with E-state index in [4.69, 9.17) is 9.47 Å². The molecule has 5 heteroatoms. The van der Waals surface area contributed by atoms with Gasteiger partial charge in [0.2, 0.25) is 6.79 Å². The summed E-state index contributed by atoms with van der Waals surface area (Å²) in [4.78, 5) is 16.7. The summed E-state index contributed by atoms with van der Waals surface area (Å²) in [6.07, 6.45) is 1.80. The Bertz CT molecular complexity index is 1170. The average molecular weight is 384 g/mol. The molecule has 5 rings (SSSR count). The van der Waals surface area contributed by atoms with Crippen LogP contribution in [0.1, 0.15) is 27.5 Å². The van der Waals surface area contributed by atoms with E-state index in [0.29, 0.717) is 12.1 Å². The molecule has 2 N–H and O–H groups in total. The van der Waals surface area contributed by atoms with Crippen LogP contribution in [0, 0.1) is 0 Å². The molecule has 0 spiro atoms. The second-order valence-electron chi connectivity index (χ2n) is 7.02. The number of rotatable bonds is 6. The van der Waals surface area contributed by atoms with Crippen LogP contribution < -0.4 is 14.8 Å². The van der Waals surface area contributed by atoms with Crippen molar-refractivity contribution in [2.45, 2.75) is 12.6 Å². The van der Waals surface area contributed by atoms with Gasteiger partial charge in [0.05, 0.1) is 6.04 Å². The minimum Gasteiger partial charge on any atom is -0.454 e. The lowest BCUT2D eigenvalue weighted by atomic mass is 9.96. The van der Waals surface area contributed by atoms with Gasteiger partial charge in [0.25, 0.3) is 0 Å². The van der Waals surface area contributed by atoms with Crippen LogP contribution in [-0.2, 0) is 6.54 Å². The second kappa shape index (κ2) is 7.45. The first kappa shape index (κ1) is 17.5. The first-order valence-electron chi connectivity index (χ1n) is 9.57. The summed E-state index contributed by atoms with van der Waals surface area (Å²) in [5, 5.41) is 4.37. The van der Waals surface area contributed by atoms with E-state index in [1.807, 2.05) is 72.8 Å². The van der Waals surface area contributed by atoms with Crippen molar-refractivity contribution in [3.05, 3.63) is 95.7 Å². The minimum atomic E-state index is -0.458. The molecule has 1 aliphatic heterocycles. The molecule has 0 radical (unpaired) electrons. The van der Waals surface area contributed by atoms with Crippen molar-refractivity contribution in [2.24, 2.45) is 0 Å². The van der Waals surface area contributed by atoms with E-state index in [1.165, 1.54) is 0 Å². The van der Waals surface area contributed by atoms with Crippen molar-refractivity contribution in [3.8, 4) is 11.5 Å². The SMILES string of the molecule is O=C(c1c[nH]c2ccccc12)[C@@H](NCc1ccc2c(c1)OCO2)c1ccccc1. The van der Waals surface area contributed by atoms with E-state index in [9.17, 15) is 4.79 Å². The predicted molar refractivity (Wildman–Crippen MR) is 111 cm³/mol. The number of para-hydroxylation sites is 1. The fourth-order valence-corrected chi connectivity index (χ4v) is 3.71. The first-order valence-corrected chi connectivity index (χ1v) is 9.57. The largest absolute Gasteiger partial charge is 0.454 e. The third-order valence-electron chi connectivity index (χ3n) is 5.20. The molecular weight excluding hydrogens is 364 g/mol. The highest BCUT2D eigenvalue weighted by atomic mass is 16.7. The van der Waals surface area contributed by atoms with Crippen LogP contribution in [0.5, 0.6) is 11.5 Å². The first-order chi connectivity index (χ1) is 14.3. The predicted octanol–water partition coefficient (Wildman–Crippen LogP) is 4.61. The number of aromatic nitrogens is 1. The summed E-state index contributed by atoms with van der Waals surface area (Å²) in [7, 11) is 0. The minimum absolute atomic E-state index is 0.0365. The third-order valence-corrected chi connectivity index (χ3v) is 5.20. The smallest absolute Gasteiger partial charge is 0.231 e. The number of benzene rings is 3. The molecule has 29 heavy (non-hydrogen) atoms. The van der Waals surface area contributed by atoms with Gasteiger partial charge in [-0.2, -0.15) is 0 Å². The Balaban J connectivity index is 1.45. The third kappa shape index (κ3) is 3.37. The highest BCUT2D eigenvalue weighted by molar-refractivity contribution is 6.10. The van der Waals surface area contributed by atoms with Gasteiger partial charge in [0.1, 0.15) is 0 Å². The highest BCUT2D eigenvalue weighted by Crippen LogP contribution is 2.33. The topological polar surface area (TPSA) is 63.4 Å². The van der Waals surface area contributed by atoms with Gasteiger partial charge in [-0.15, -0.1) is 0 Å². The fraction of sp³-hybridized carbons (Fsp3) is 0.125. The van der Waals surface area contributed by atoms with Gasteiger partial charge >= 0.3 is 0 Å². The Hall–Kier alpha value is -3.57. The van der Waals surface area contributed by atoms with Crippen molar-refractivity contribution in [1.82, 2.24) is 10.3 Å². The number of ether oxygens (including phenoxy) is 2. The van der Waals surface area contributed by atoms with Gasteiger partial charge in [-0.3, -0.25) is 10.1 Å². The van der Waals surface area contributed by atoms with Crippen LogP contribution in [0.2, 0.25) is 0 Å². The number of aromatic amines is 1. The highest BCUT2D eigenvalue weighted by Gasteiger charge is 2.24. The summed E-state index contributed by atoms with van der Waals surface area (Å²) >= 11 is 0. The molecule has 2 heterocycles. The Kier molecular flexibility index (Phi) is 4.50. The van der Waals surface area contributed by atoms with Gasteiger partial charge in [-0.05, 0) is 29.3 Å². The van der Waals surface area contributed by atoms with E-state index in [2.05, 4.69) is 10.3 Å². The molecule has 1 aliphatic rings. The van der Waals surface area contributed by atoms with E-state index >= 15 is 0 Å². The molecule has 1 atom stereocenters. The van der Waals surface area contributed by atoms with Crippen LogP contribution in [0.15, 0.2) is 79.0 Å². The number of Topliss-reactive ketones (excluding diaryl/α,β-unsaturated/α-hetero) is 1. The summed E-state index contributed by atoms with van der Waals surface area (Å²) in [5.41, 5.74) is 3.61. The zero-order valence-electron chi connectivity index (χ0n) is 15.7. The molecule has 3 aromatic carbocycles. The summed E-state index contributed by atoms with van der Waals surface area (Å²) < 4.78 is 10.8. The van der Waals surface area contributed by atoms with Gasteiger partial charge in [0.15, 0.2) is 17.3 Å². The van der Waals surface area contributed by atoms with E-state index in [1.54, 1.807) is 6.20 Å². The number of carbonyl (C=O) groups excluding carboxylic acids is 1. The van der Waals surface area contributed by atoms with E-state index in [0.717, 1.165) is 33.5 Å². The fourth-order valence-electron chi connectivity index (χ4n) is 3.71. The molecule has 0 saturated heterocycles. The van der Waals surface area contributed by atoms with Crippen molar-refractivity contribution < 1.29 is 14.3 Å². The van der Waals surface area contributed by atoms with Gasteiger partial charge in [-0.1, -0.05) is 54.6 Å². The Morgan fingerprint density at radius 3 is 2.66 bits per heavy atom. The van der Waals surface area contributed by atoms with Crippen molar-refractivity contribution >= 4 is 16.7 Å². The van der Waals surface area contributed by atoms with Crippen LogP contribution in [0.4, 0.5) is 0 Å². The van der Waals surface area contributed by atoms with Gasteiger partial charge in [-0.25, -0.2) is 0 Å². The van der Waals surface area contributed by atoms with Crippen LogP contribution in [-0.4, -0.2) is 17.6 Å². The second-order valence-corrected chi connectivity index (χ2v) is 7.02. The van der Waals surface area contributed by atoms with Crippen LogP contribution in [0.25, 0.3) is 10.9 Å². The number of nitrogens with one attached hydrogen (secondary N) is 2. The number of hydrogen-bond donors (Lipinski definition) is 2. The zero-order chi connectivity index (χ0) is 19.6. The molecule has 5 nitrogen and oxygen atoms in total. The Morgan fingerprint density at radius 2 is 1.76 bits per heavy atom. The van der Waals surface area contributed by atoms with Gasteiger partial charge in [0, 0.05) is 29.2 Å². The molecule has 1 aromatic heterocycles. The molecular formula is C24H20N2O3. The standard InChI is InChI=1S/C24H20N2O3/c27-24(19-14-25-20-9-5-4-8-18(19)20)23(17-6-2-1-3-7-17)26-13-16-10-11-21-22(12-16)29-15-28-21/h1-12,14,23,25-26H,13,15H2/t23-/m0/s1. The van der Waals surface area contributed by atoms with E-state index < -0.39 is 6.04 Å². The van der Waals surface area contributed by atoms with Crippen molar-refractivity contribution in [2.75, 3.05) is 6.79 Å². The van der Waals surface area contributed by atoms with Crippen LogP contribution in [0.3, 0.4) is 0 Å². The lowest BCUT2D eigenvalue weighted by Crippen LogP contribution is -2.28. The molecule has 0 fully saturated rings. The zero-order valence-corrected chi connectivity index (χ0v) is 15.7. The lowest BCUT2D eigenvalue weighted by Gasteiger charge is -2.18. The molecule has 0 bridgehead atoms. The van der Waals surface area contributed by atoms with Crippen molar-refractivity contribution in [1.29, 1.82) is 0 Å². The monoisotopic (exact) mass is 384 g/mol. The number of fused-ring (bicyclic) bond motifs is 2.